The van der Waals surface area contributed by atoms with E-state index in [-0.39, 0.29) is 16.8 Å². The van der Waals surface area contributed by atoms with Gasteiger partial charge in [0.05, 0.1) is 0 Å². The highest BCUT2D eigenvalue weighted by Gasteiger charge is 2.15. The Bertz CT molecular complexity index is 516. The second kappa shape index (κ2) is 4.17. The lowest BCUT2D eigenvalue weighted by Crippen LogP contribution is -2.12. The third kappa shape index (κ3) is 1.90. The molecule has 86 valence electrons. The summed E-state index contributed by atoms with van der Waals surface area (Å²) in [5.41, 5.74) is 0.445. The maximum Gasteiger partial charge on any atom is 0.272 e. The minimum absolute atomic E-state index is 0.132. The van der Waals surface area contributed by atoms with Crippen molar-refractivity contribution < 1.29 is 13.5 Å². The Labute approximate surface area is 94.0 Å². The minimum atomic E-state index is -2.56. The van der Waals surface area contributed by atoms with Crippen LogP contribution in [0.15, 0.2) is 6.33 Å². The zero-order valence-corrected chi connectivity index (χ0v) is 8.95. The lowest BCUT2D eigenvalue weighted by molar-refractivity contribution is 0.0779. The first-order valence-corrected chi connectivity index (χ1v) is 4.74. The highest BCUT2D eigenvalue weighted by atomic mass is 35.5. The SMILES string of the molecule is Cc1c(Cl)nc2ncnn2c1OCC(F)F. The molecule has 2 rings (SSSR count). The topological polar surface area (TPSA) is 52.3 Å². The molecule has 0 aliphatic rings. The van der Waals surface area contributed by atoms with E-state index in [1.165, 1.54) is 10.8 Å². The zero-order valence-electron chi connectivity index (χ0n) is 8.19. The van der Waals surface area contributed by atoms with Gasteiger partial charge in [-0.2, -0.15) is 19.6 Å². The van der Waals surface area contributed by atoms with E-state index in [9.17, 15) is 8.78 Å². The van der Waals surface area contributed by atoms with Gasteiger partial charge in [0.1, 0.15) is 11.5 Å². The summed E-state index contributed by atoms with van der Waals surface area (Å²) in [4.78, 5) is 7.71. The molecule has 0 N–H and O–H groups in total. The summed E-state index contributed by atoms with van der Waals surface area (Å²) in [5.74, 6) is 0.340. The van der Waals surface area contributed by atoms with Crippen molar-refractivity contribution in [1.82, 2.24) is 19.6 Å². The summed E-state index contributed by atoms with van der Waals surface area (Å²) in [6, 6.07) is 0. The molecule has 8 heteroatoms. The third-order valence-electron chi connectivity index (χ3n) is 1.90. The van der Waals surface area contributed by atoms with Crippen LogP contribution >= 0.6 is 11.6 Å². The third-order valence-corrected chi connectivity index (χ3v) is 2.26. The first-order chi connectivity index (χ1) is 7.59. The number of hydrogen-bond acceptors (Lipinski definition) is 4. The molecule has 0 bridgehead atoms. The van der Waals surface area contributed by atoms with Crippen LogP contribution in [0.4, 0.5) is 8.78 Å². The predicted octanol–water partition coefficient (Wildman–Crippen LogP) is 1.73. The van der Waals surface area contributed by atoms with Crippen molar-refractivity contribution in [3.63, 3.8) is 0 Å². The molecule has 0 radical (unpaired) electrons. The van der Waals surface area contributed by atoms with Gasteiger partial charge in [-0.05, 0) is 6.92 Å². The molecular formula is C8H7ClF2N4O. The lowest BCUT2D eigenvalue weighted by atomic mass is 10.4. The van der Waals surface area contributed by atoms with Crippen molar-refractivity contribution >= 4 is 17.4 Å². The first kappa shape index (κ1) is 11.0. The smallest absolute Gasteiger partial charge is 0.272 e. The van der Waals surface area contributed by atoms with Gasteiger partial charge in [0.25, 0.3) is 12.2 Å². The van der Waals surface area contributed by atoms with Crippen molar-refractivity contribution in [2.45, 2.75) is 13.3 Å². The number of ether oxygens (including phenoxy) is 1. The highest BCUT2D eigenvalue weighted by molar-refractivity contribution is 6.30. The largest absolute Gasteiger partial charge is 0.471 e. The Morgan fingerprint density at radius 1 is 1.56 bits per heavy atom. The monoisotopic (exact) mass is 248 g/mol. The van der Waals surface area contributed by atoms with Gasteiger partial charge in [-0.15, -0.1) is 0 Å². The number of rotatable bonds is 3. The summed E-state index contributed by atoms with van der Waals surface area (Å²) in [7, 11) is 0. The second-order valence-corrected chi connectivity index (χ2v) is 3.36. The maximum atomic E-state index is 12.1. The average molecular weight is 249 g/mol. The van der Waals surface area contributed by atoms with Crippen molar-refractivity contribution in [2.75, 3.05) is 6.61 Å². The van der Waals surface area contributed by atoms with Crippen LogP contribution in [-0.2, 0) is 0 Å². The molecule has 5 nitrogen and oxygen atoms in total. The Balaban J connectivity index is 2.47. The van der Waals surface area contributed by atoms with Crippen LogP contribution in [0.5, 0.6) is 5.88 Å². The number of halogens is 3. The van der Waals surface area contributed by atoms with E-state index < -0.39 is 13.0 Å². The molecule has 0 aliphatic heterocycles. The fourth-order valence-electron chi connectivity index (χ4n) is 1.18. The average Bonchev–Trinajstić information content (AvgIpc) is 2.65. The molecule has 2 aromatic heterocycles. The van der Waals surface area contributed by atoms with Crippen molar-refractivity contribution in [1.29, 1.82) is 0 Å². The van der Waals surface area contributed by atoms with E-state index in [0.29, 0.717) is 5.56 Å². The van der Waals surface area contributed by atoms with E-state index in [0.717, 1.165) is 0 Å². The summed E-state index contributed by atoms with van der Waals surface area (Å²) in [6.45, 7) is 0.882. The summed E-state index contributed by atoms with van der Waals surface area (Å²) >= 11 is 5.81. The van der Waals surface area contributed by atoms with E-state index in [1.54, 1.807) is 6.92 Å². The van der Waals surface area contributed by atoms with Gasteiger partial charge in [0, 0.05) is 5.56 Å². The molecule has 2 aromatic rings. The fraction of sp³-hybridized carbons (Fsp3) is 0.375. The quantitative estimate of drug-likeness (QED) is 0.777. The van der Waals surface area contributed by atoms with E-state index in [2.05, 4.69) is 15.1 Å². The Morgan fingerprint density at radius 2 is 2.31 bits per heavy atom. The lowest BCUT2D eigenvalue weighted by Gasteiger charge is -2.10. The van der Waals surface area contributed by atoms with Gasteiger partial charge < -0.3 is 4.74 Å². The number of nitrogens with zero attached hydrogens (tertiary/aromatic N) is 4. The van der Waals surface area contributed by atoms with Gasteiger partial charge in [0.2, 0.25) is 5.88 Å². The molecule has 0 aliphatic carbocycles. The number of fused-ring (bicyclic) bond motifs is 1. The predicted molar refractivity (Wildman–Crippen MR) is 52.0 cm³/mol. The van der Waals surface area contributed by atoms with Crippen molar-refractivity contribution in [2.24, 2.45) is 0 Å². The molecule has 0 aromatic carbocycles. The van der Waals surface area contributed by atoms with Crippen LogP contribution in [0.2, 0.25) is 5.15 Å². The highest BCUT2D eigenvalue weighted by Crippen LogP contribution is 2.24. The van der Waals surface area contributed by atoms with E-state index in [4.69, 9.17) is 16.3 Å². The number of aromatic nitrogens is 4. The normalized spacial score (nSPS) is 11.3. The van der Waals surface area contributed by atoms with Crippen LogP contribution in [0.25, 0.3) is 5.78 Å². The maximum absolute atomic E-state index is 12.1. The van der Waals surface area contributed by atoms with E-state index >= 15 is 0 Å². The number of alkyl halides is 2. The Kier molecular flexibility index (Phi) is 2.86. The van der Waals surface area contributed by atoms with Crippen LogP contribution in [0.1, 0.15) is 5.56 Å². The van der Waals surface area contributed by atoms with Gasteiger partial charge in [-0.25, -0.2) is 8.78 Å². The van der Waals surface area contributed by atoms with Crippen LogP contribution < -0.4 is 4.74 Å². The zero-order chi connectivity index (χ0) is 11.7. The standard InChI is InChI=1S/C8H7ClF2N4O/c1-4-6(9)14-8-12-3-13-15(8)7(4)16-2-5(10)11/h3,5H,2H2,1H3. The molecule has 0 spiro atoms. The molecule has 0 saturated carbocycles. The van der Waals surface area contributed by atoms with Gasteiger partial charge in [-0.1, -0.05) is 11.6 Å². The van der Waals surface area contributed by atoms with Crippen LogP contribution in [-0.4, -0.2) is 32.6 Å². The van der Waals surface area contributed by atoms with Crippen molar-refractivity contribution in [3.05, 3.63) is 17.0 Å². The number of hydrogen-bond donors (Lipinski definition) is 0. The molecule has 0 unspecified atom stereocenters. The van der Waals surface area contributed by atoms with Crippen LogP contribution in [0.3, 0.4) is 0 Å². The first-order valence-electron chi connectivity index (χ1n) is 4.36. The van der Waals surface area contributed by atoms with Gasteiger partial charge in [-0.3, -0.25) is 0 Å². The minimum Gasteiger partial charge on any atom is -0.471 e. The van der Waals surface area contributed by atoms with Crippen LogP contribution in [0, 0.1) is 6.92 Å². The molecule has 0 amide bonds. The second-order valence-electron chi connectivity index (χ2n) is 3.01. The Morgan fingerprint density at radius 3 is 3.00 bits per heavy atom. The van der Waals surface area contributed by atoms with Crippen molar-refractivity contribution in [3.8, 4) is 5.88 Å². The summed E-state index contributed by atoms with van der Waals surface area (Å²) in [6.07, 6.45) is -1.32. The molecule has 16 heavy (non-hydrogen) atoms. The summed E-state index contributed by atoms with van der Waals surface area (Å²) in [5, 5.41) is 3.97. The fourth-order valence-corrected chi connectivity index (χ4v) is 1.34. The van der Waals surface area contributed by atoms with Gasteiger partial charge in [0.15, 0.2) is 6.61 Å². The van der Waals surface area contributed by atoms with E-state index in [1.807, 2.05) is 0 Å². The molecule has 0 fully saturated rings. The summed E-state index contributed by atoms with van der Waals surface area (Å²) < 4.78 is 30.3. The molecular weight excluding hydrogens is 242 g/mol. The molecule has 0 saturated heterocycles. The Hall–Kier alpha value is -1.50. The van der Waals surface area contributed by atoms with Gasteiger partial charge >= 0.3 is 0 Å². The molecule has 2 heterocycles. The molecule has 0 atom stereocenters.